The van der Waals surface area contributed by atoms with Gasteiger partial charge in [-0.15, -0.1) is 0 Å². The van der Waals surface area contributed by atoms with Gasteiger partial charge in [-0.1, -0.05) is 6.07 Å². The number of ether oxygens (including phenoxy) is 1. The van der Waals surface area contributed by atoms with Gasteiger partial charge in [-0.2, -0.15) is 0 Å². The first-order chi connectivity index (χ1) is 14.9. The van der Waals surface area contributed by atoms with Crippen molar-refractivity contribution in [3.05, 3.63) is 45.6 Å². The third kappa shape index (κ3) is 4.06. The lowest BCUT2D eigenvalue weighted by molar-refractivity contribution is -0.0758. The SMILES string of the molecule is CNc1[nH]c(-c2c(F)cccc2F)c(O)c(=O)c1C(=N)CN1CCN(C2COC2)CC1. The Labute approximate surface area is 178 Å². The molecule has 2 aliphatic heterocycles. The number of aromatic hydroxyl groups is 1. The van der Waals surface area contributed by atoms with E-state index in [1.165, 1.54) is 13.1 Å². The van der Waals surface area contributed by atoms with Crippen molar-refractivity contribution in [1.82, 2.24) is 14.8 Å². The first-order valence-corrected chi connectivity index (χ1v) is 10.1. The van der Waals surface area contributed by atoms with Gasteiger partial charge in [-0.05, 0) is 12.1 Å². The maximum absolute atomic E-state index is 14.2. The van der Waals surface area contributed by atoms with Crippen LogP contribution in [0.15, 0.2) is 23.0 Å². The minimum atomic E-state index is -0.912. The Morgan fingerprint density at radius 1 is 1.26 bits per heavy atom. The molecule has 31 heavy (non-hydrogen) atoms. The fourth-order valence-corrected chi connectivity index (χ4v) is 4.01. The van der Waals surface area contributed by atoms with Crippen molar-refractivity contribution >= 4 is 11.5 Å². The molecule has 0 bridgehead atoms. The number of aromatic nitrogens is 1. The van der Waals surface area contributed by atoms with E-state index >= 15 is 0 Å². The molecular weight excluding hydrogens is 408 g/mol. The van der Waals surface area contributed by atoms with Crippen molar-refractivity contribution < 1.29 is 18.6 Å². The molecule has 2 saturated heterocycles. The maximum Gasteiger partial charge on any atom is 0.235 e. The number of nitrogens with zero attached hydrogens (tertiary/aromatic N) is 2. The summed E-state index contributed by atoms with van der Waals surface area (Å²) in [5.41, 5.74) is -1.77. The van der Waals surface area contributed by atoms with Crippen molar-refractivity contribution in [2.75, 3.05) is 58.3 Å². The Morgan fingerprint density at radius 3 is 2.45 bits per heavy atom. The van der Waals surface area contributed by atoms with Gasteiger partial charge >= 0.3 is 0 Å². The summed E-state index contributed by atoms with van der Waals surface area (Å²) in [6.45, 7) is 4.93. The van der Waals surface area contributed by atoms with Crippen LogP contribution < -0.4 is 10.7 Å². The molecule has 1 aromatic heterocycles. The fourth-order valence-electron chi connectivity index (χ4n) is 4.01. The summed E-state index contributed by atoms with van der Waals surface area (Å²) < 4.78 is 33.7. The van der Waals surface area contributed by atoms with Crippen molar-refractivity contribution in [1.29, 1.82) is 5.41 Å². The highest BCUT2D eigenvalue weighted by Gasteiger charge is 2.30. The van der Waals surface area contributed by atoms with E-state index in [1.54, 1.807) is 0 Å². The highest BCUT2D eigenvalue weighted by Crippen LogP contribution is 2.31. The number of piperazine rings is 1. The molecule has 4 rings (SSSR count). The average Bonchev–Trinajstić information content (AvgIpc) is 2.70. The molecule has 2 aliphatic rings. The van der Waals surface area contributed by atoms with Crippen molar-refractivity contribution in [3.8, 4) is 17.0 Å². The predicted octanol–water partition coefficient (Wildman–Crippen LogP) is 1.45. The average molecular weight is 433 g/mol. The third-order valence-electron chi connectivity index (χ3n) is 5.87. The van der Waals surface area contributed by atoms with E-state index in [0.29, 0.717) is 6.04 Å². The summed E-state index contributed by atoms with van der Waals surface area (Å²) in [6.07, 6.45) is 0. The molecule has 0 radical (unpaired) electrons. The second-order valence-corrected chi connectivity index (χ2v) is 7.76. The zero-order valence-corrected chi connectivity index (χ0v) is 17.2. The van der Waals surface area contributed by atoms with Gasteiger partial charge in [0.1, 0.15) is 17.5 Å². The highest BCUT2D eigenvalue weighted by molar-refractivity contribution is 6.04. The van der Waals surface area contributed by atoms with Gasteiger partial charge in [0.15, 0.2) is 5.75 Å². The van der Waals surface area contributed by atoms with E-state index < -0.39 is 28.4 Å². The zero-order chi connectivity index (χ0) is 22.1. The van der Waals surface area contributed by atoms with Gasteiger partial charge in [0.25, 0.3) is 0 Å². The van der Waals surface area contributed by atoms with E-state index in [9.17, 15) is 18.7 Å². The lowest BCUT2D eigenvalue weighted by Gasteiger charge is -2.42. The summed E-state index contributed by atoms with van der Waals surface area (Å²) in [7, 11) is 1.53. The Morgan fingerprint density at radius 2 is 1.90 bits per heavy atom. The van der Waals surface area contributed by atoms with Crippen molar-refractivity contribution in [3.63, 3.8) is 0 Å². The molecular formula is C21H25F2N5O3. The lowest BCUT2D eigenvalue weighted by atomic mass is 10.0. The molecule has 3 heterocycles. The number of nitrogens with one attached hydrogen (secondary N) is 3. The Balaban J connectivity index is 1.58. The van der Waals surface area contributed by atoms with Crippen molar-refractivity contribution in [2.45, 2.75) is 6.04 Å². The van der Waals surface area contributed by atoms with E-state index in [-0.39, 0.29) is 29.3 Å². The standard InChI is InChI=1S/C21H25F2N5O3/c1-25-21-17(15(24)9-27-5-7-28(8-6-27)12-10-31-11-12)19(29)20(30)18(26-21)16-13(22)3-2-4-14(16)23/h2-4,12,24,30H,5-11H2,1H3,(H2,25,26,29). The summed E-state index contributed by atoms with van der Waals surface area (Å²) in [5.74, 6) is -2.52. The van der Waals surface area contributed by atoms with Crippen LogP contribution in [0, 0.1) is 17.0 Å². The van der Waals surface area contributed by atoms with Crippen LogP contribution in [0.1, 0.15) is 5.56 Å². The minimum Gasteiger partial charge on any atom is -0.503 e. The summed E-state index contributed by atoms with van der Waals surface area (Å²) in [4.78, 5) is 20.0. The number of anilines is 1. The van der Waals surface area contributed by atoms with Crippen LogP contribution >= 0.6 is 0 Å². The quantitative estimate of drug-likeness (QED) is 0.514. The number of halogens is 2. The number of hydrogen-bond donors (Lipinski definition) is 4. The molecule has 2 fully saturated rings. The number of rotatable bonds is 6. The molecule has 10 heteroatoms. The zero-order valence-electron chi connectivity index (χ0n) is 17.2. The van der Waals surface area contributed by atoms with E-state index in [2.05, 4.69) is 20.1 Å². The topological polar surface area (TPSA) is 105 Å². The van der Waals surface area contributed by atoms with Crippen LogP contribution in [0.4, 0.5) is 14.6 Å². The molecule has 0 unspecified atom stereocenters. The summed E-state index contributed by atoms with van der Waals surface area (Å²) in [5, 5.41) is 21.7. The Bertz CT molecular complexity index is 1030. The van der Waals surface area contributed by atoms with Crippen LogP contribution in [-0.4, -0.2) is 84.6 Å². The van der Waals surface area contributed by atoms with Gasteiger partial charge in [-0.3, -0.25) is 14.6 Å². The van der Waals surface area contributed by atoms with E-state index in [1.807, 2.05) is 0 Å². The first kappa shape index (κ1) is 21.4. The van der Waals surface area contributed by atoms with Gasteiger partial charge in [0.2, 0.25) is 5.43 Å². The molecule has 0 aliphatic carbocycles. The third-order valence-corrected chi connectivity index (χ3v) is 5.87. The summed E-state index contributed by atoms with van der Waals surface area (Å²) >= 11 is 0. The van der Waals surface area contributed by atoms with Crippen LogP contribution in [0.2, 0.25) is 0 Å². The smallest absolute Gasteiger partial charge is 0.235 e. The Kier molecular flexibility index (Phi) is 6.03. The number of pyridine rings is 1. The van der Waals surface area contributed by atoms with Crippen LogP contribution in [0.25, 0.3) is 11.3 Å². The summed E-state index contributed by atoms with van der Waals surface area (Å²) in [6, 6.07) is 3.74. The van der Waals surface area contributed by atoms with Gasteiger partial charge < -0.3 is 25.6 Å². The fraction of sp³-hybridized carbons (Fsp3) is 0.429. The number of H-pyrrole nitrogens is 1. The minimum absolute atomic E-state index is 0.0156. The first-order valence-electron chi connectivity index (χ1n) is 10.1. The molecule has 2 aromatic rings. The maximum atomic E-state index is 14.2. The number of aromatic amines is 1. The van der Waals surface area contributed by atoms with Gasteiger partial charge in [0, 0.05) is 39.8 Å². The van der Waals surface area contributed by atoms with E-state index in [0.717, 1.165) is 51.5 Å². The van der Waals surface area contributed by atoms with Crippen LogP contribution in [-0.2, 0) is 4.74 Å². The second kappa shape index (κ2) is 8.74. The molecule has 4 N–H and O–H groups in total. The molecule has 0 saturated carbocycles. The van der Waals surface area contributed by atoms with Crippen LogP contribution in [0.5, 0.6) is 5.75 Å². The molecule has 0 amide bonds. The molecule has 0 atom stereocenters. The van der Waals surface area contributed by atoms with E-state index in [4.69, 9.17) is 10.1 Å². The van der Waals surface area contributed by atoms with Gasteiger partial charge in [-0.25, -0.2) is 8.78 Å². The van der Waals surface area contributed by atoms with Crippen molar-refractivity contribution in [2.24, 2.45) is 0 Å². The Hall–Kier alpha value is -2.82. The lowest BCUT2D eigenvalue weighted by Crippen LogP contribution is -2.57. The predicted molar refractivity (Wildman–Crippen MR) is 113 cm³/mol. The van der Waals surface area contributed by atoms with Gasteiger partial charge in [0.05, 0.1) is 41.8 Å². The highest BCUT2D eigenvalue weighted by atomic mass is 19.1. The normalized spacial score (nSPS) is 18.0. The largest absolute Gasteiger partial charge is 0.503 e. The second-order valence-electron chi connectivity index (χ2n) is 7.76. The molecule has 8 nitrogen and oxygen atoms in total. The molecule has 0 spiro atoms. The molecule has 1 aromatic carbocycles. The molecule has 166 valence electrons. The number of benzene rings is 1. The monoisotopic (exact) mass is 433 g/mol. The number of hydrogen-bond acceptors (Lipinski definition) is 7. The van der Waals surface area contributed by atoms with Crippen LogP contribution in [0.3, 0.4) is 0 Å².